The largest absolute Gasteiger partial charge is 0.383 e. The molecular formula is C22H29N7O3S. The monoisotopic (exact) mass is 471 g/mol. The molecule has 11 heteroatoms. The molecule has 10 nitrogen and oxygen atoms in total. The second-order valence-electron chi connectivity index (χ2n) is 8.07. The van der Waals surface area contributed by atoms with E-state index < -0.39 is 11.2 Å². The van der Waals surface area contributed by atoms with Gasteiger partial charge in [0, 0.05) is 13.0 Å². The van der Waals surface area contributed by atoms with Gasteiger partial charge in [-0.25, -0.2) is 9.78 Å². The molecule has 4 N–H and O–H groups in total. The van der Waals surface area contributed by atoms with Crippen molar-refractivity contribution < 1.29 is 4.79 Å². The third-order valence-electron chi connectivity index (χ3n) is 4.84. The third kappa shape index (κ3) is 6.13. The van der Waals surface area contributed by atoms with E-state index in [-0.39, 0.29) is 42.2 Å². The average Bonchev–Trinajstić information content (AvgIpc) is 3.22. The second kappa shape index (κ2) is 11.0. The molecule has 0 saturated carbocycles. The zero-order valence-corrected chi connectivity index (χ0v) is 19.8. The highest BCUT2D eigenvalue weighted by atomic mass is 32.2. The number of carbonyl (C=O) groups is 1. The van der Waals surface area contributed by atoms with Crippen LogP contribution in [0, 0.1) is 5.92 Å². The van der Waals surface area contributed by atoms with Crippen molar-refractivity contribution >= 4 is 29.2 Å². The minimum Gasteiger partial charge on any atom is -0.383 e. The van der Waals surface area contributed by atoms with E-state index in [1.54, 1.807) is 0 Å². The number of hydrogen-bond acceptors (Lipinski definition) is 7. The molecule has 3 rings (SSSR count). The van der Waals surface area contributed by atoms with Gasteiger partial charge in [0.15, 0.2) is 5.69 Å². The number of carbonyl (C=O) groups excluding carboxylic acids is 1. The van der Waals surface area contributed by atoms with Crippen molar-refractivity contribution in [1.82, 2.24) is 24.7 Å². The SMILES string of the molecule is CCCc1nc(SCC(=O)N(CC(C)C)c2c(N)n(Cc3ccccc3)c(=O)[nH]c2=O)n[nH]1. The van der Waals surface area contributed by atoms with Crippen LogP contribution >= 0.6 is 11.8 Å². The molecule has 0 unspecified atom stereocenters. The number of aryl methyl sites for hydroxylation is 1. The lowest BCUT2D eigenvalue weighted by atomic mass is 10.2. The third-order valence-corrected chi connectivity index (χ3v) is 5.67. The number of nitrogens with zero attached hydrogens (tertiary/aromatic N) is 4. The minimum atomic E-state index is -0.691. The summed E-state index contributed by atoms with van der Waals surface area (Å²) in [6.07, 6.45) is 1.71. The van der Waals surface area contributed by atoms with Gasteiger partial charge in [-0.15, -0.1) is 5.10 Å². The summed E-state index contributed by atoms with van der Waals surface area (Å²) in [7, 11) is 0. The topological polar surface area (TPSA) is 143 Å². The van der Waals surface area contributed by atoms with Crippen LogP contribution < -0.4 is 21.9 Å². The first-order valence-electron chi connectivity index (χ1n) is 10.8. The lowest BCUT2D eigenvalue weighted by Gasteiger charge is -2.26. The van der Waals surface area contributed by atoms with Gasteiger partial charge < -0.3 is 10.6 Å². The Labute approximate surface area is 195 Å². The molecule has 1 amide bonds. The Balaban J connectivity index is 1.90. The number of hydrogen-bond donors (Lipinski definition) is 3. The summed E-state index contributed by atoms with van der Waals surface area (Å²) in [5.74, 6) is 0.478. The maximum atomic E-state index is 13.2. The van der Waals surface area contributed by atoms with Crippen LogP contribution in [0.1, 0.15) is 38.6 Å². The molecule has 33 heavy (non-hydrogen) atoms. The minimum absolute atomic E-state index is 0.0207. The van der Waals surface area contributed by atoms with Gasteiger partial charge in [0.1, 0.15) is 11.6 Å². The van der Waals surface area contributed by atoms with Crippen LogP contribution in [0.25, 0.3) is 0 Å². The van der Waals surface area contributed by atoms with Crippen molar-refractivity contribution in [2.75, 3.05) is 22.9 Å². The van der Waals surface area contributed by atoms with E-state index in [4.69, 9.17) is 5.73 Å². The summed E-state index contributed by atoms with van der Waals surface area (Å²) in [6, 6.07) is 9.28. The molecular weight excluding hydrogens is 442 g/mol. The second-order valence-corrected chi connectivity index (χ2v) is 9.01. The first-order valence-corrected chi connectivity index (χ1v) is 11.8. The first-order chi connectivity index (χ1) is 15.8. The van der Waals surface area contributed by atoms with Crippen molar-refractivity contribution in [2.24, 2.45) is 5.92 Å². The van der Waals surface area contributed by atoms with Crippen molar-refractivity contribution in [1.29, 1.82) is 0 Å². The lowest BCUT2D eigenvalue weighted by Crippen LogP contribution is -2.43. The molecule has 2 heterocycles. The molecule has 0 saturated heterocycles. The highest BCUT2D eigenvalue weighted by Crippen LogP contribution is 2.22. The van der Waals surface area contributed by atoms with E-state index >= 15 is 0 Å². The number of amides is 1. The number of nitrogens with two attached hydrogens (primary N) is 1. The van der Waals surface area contributed by atoms with Gasteiger partial charge in [0.25, 0.3) is 5.56 Å². The number of aromatic amines is 2. The lowest BCUT2D eigenvalue weighted by molar-refractivity contribution is -0.116. The van der Waals surface area contributed by atoms with E-state index in [0.717, 1.165) is 24.2 Å². The molecule has 0 radical (unpaired) electrons. The van der Waals surface area contributed by atoms with Crippen LogP contribution in [-0.4, -0.2) is 42.9 Å². The average molecular weight is 472 g/mol. The Morgan fingerprint density at radius 2 is 1.97 bits per heavy atom. The zero-order chi connectivity index (χ0) is 24.0. The number of nitrogens with one attached hydrogen (secondary N) is 2. The van der Waals surface area contributed by atoms with Gasteiger partial charge >= 0.3 is 5.69 Å². The number of anilines is 2. The van der Waals surface area contributed by atoms with Gasteiger partial charge in [0.05, 0.1) is 12.3 Å². The molecule has 0 aliphatic carbocycles. The Hall–Kier alpha value is -3.34. The fourth-order valence-electron chi connectivity index (χ4n) is 3.34. The smallest absolute Gasteiger partial charge is 0.330 e. The van der Waals surface area contributed by atoms with Gasteiger partial charge in [-0.1, -0.05) is 62.9 Å². The summed E-state index contributed by atoms with van der Waals surface area (Å²) in [5.41, 5.74) is 5.81. The maximum absolute atomic E-state index is 13.2. The Morgan fingerprint density at radius 3 is 2.64 bits per heavy atom. The standard InChI is InChI=1S/C22H29N7O3S/c1-4-8-16-24-21(27-26-16)33-13-17(30)28(11-14(2)3)18-19(23)29(22(32)25-20(18)31)12-15-9-6-5-7-10-15/h5-7,9-10,14H,4,8,11-13,23H2,1-3H3,(H,24,26,27)(H,25,31,32). The van der Waals surface area contributed by atoms with E-state index in [9.17, 15) is 14.4 Å². The van der Waals surface area contributed by atoms with E-state index in [2.05, 4.69) is 20.2 Å². The molecule has 0 spiro atoms. The molecule has 1 aromatic carbocycles. The highest BCUT2D eigenvalue weighted by molar-refractivity contribution is 7.99. The van der Waals surface area contributed by atoms with Gasteiger partial charge in [-0.3, -0.25) is 24.2 Å². The van der Waals surface area contributed by atoms with Crippen LogP contribution in [0.4, 0.5) is 11.5 Å². The molecule has 0 bridgehead atoms. The van der Waals surface area contributed by atoms with Gasteiger partial charge in [0.2, 0.25) is 11.1 Å². The van der Waals surface area contributed by atoms with Crippen LogP contribution in [0.2, 0.25) is 0 Å². The summed E-state index contributed by atoms with van der Waals surface area (Å²) in [6.45, 7) is 6.35. The summed E-state index contributed by atoms with van der Waals surface area (Å²) < 4.78 is 1.27. The van der Waals surface area contributed by atoms with E-state index in [0.29, 0.717) is 5.16 Å². The van der Waals surface area contributed by atoms with E-state index in [1.807, 2.05) is 51.1 Å². The normalized spacial score (nSPS) is 11.2. The van der Waals surface area contributed by atoms with Crippen molar-refractivity contribution in [3.63, 3.8) is 0 Å². The molecule has 0 atom stereocenters. The molecule has 3 aromatic rings. The molecule has 0 aliphatic rings. The van der Waals surface area contributed by atoms with Crippen molar-refractivity contribution in [3.8, 4) is 0 Å². The predicted octanol–water partition coefficient (Wildman–Crippen LogP) is 2.02. The highest BCUT2D eigenvalue weighted by Gasteiger charge is 2.25. The summed E-state index contributed by atoms with van der Waals surface area (Å²) in [5, 5.41) is 7.45. The Morgan fingerprint density at radius 1 is 1.24 bits per heavy atom. The fourth-order valence-corrected chi connectivity index (χ4v) is 4.03. The van der Waals surface area contributed by atoms with Crippen molar-refractivity contribution in [3.05, 3.63) is 62.6 Å². The molecule has 176 valence electrons. The van der Waals surface area contributed by atoms with Gasteiger partial charge in [-0.2, -0.15) is 0 Å². The zero-order valence-electron chi connectivity index (χ0n) is 19.0. The summed E-state index contributed by atoms with van der Waals surface area (Å²) >= 11 is 1.18. The molecule has 0 fully saturated rings. The number of rotatable bonds is 10. The first kappa shape index (κ1) is 24.3. The fraction of sp³-hybridized carbons (Fsp3) is 0.409. The van der Waals surface area contributed by atoms with Crippen LogP contribution in [0.3, 0.4) is 0 Å². The molecule has 2 aromatic heterocycles. The van der Waals surface area contributed by atoms with Crippen LogP contribution in [0.15, 0.2) is 45.1 Å². The number of thioether (sulfide) groups is 1. The number of H-pyrrole nitrogens is 2. The van der Waals surface area contributed by atoms with Crippen LogP contribution in [0.5, 0.6) is 0 Å². The number of benzene rings is 1. The Bertz CT molecular complexity index is 1200. The van der Waals surface area contributed by atoms with Crippen molar-refractivity contribution in [2.45, 2.75) is 45.3 Å². The van der Waals surface area contributed by atoms with Gasteiger partial charge in [-0.05, 0) is 17.9 Å². The quantitative estimate of drug-likeness (QED) is 0.384. The number of aromatic nitrogens is 5. The maximum Gasteiger partial charge on any atom is 0.330 e. The van der Waals surface area contributed by atoms with E-state index in [1.165, 1.54) is 21.2 Å². The predicted molar refractivity (Wildman–Crippen MR) is 130 cm³/mol. The number of nitrogen functional groups attached to an aromatic ring is 1. The van der Waals surface area contributed by atoms with Crippen LogP contribution in [-0.2, 0) is 17.8 Å². The Kier molecular flexibility index (Phi) is 8.10. The molecule has 0 aliphatic heterocycles. The summed E-state index contributed by atoms with van der Waals surface area (Å²) in [4.78, 5) is 46.5.